The van der Waals surface area contributed by atoms with Crippen LogP contribution in [0.4, 0.5) is 0 Å². The molecule has 0 bridgehead atoms. The molecule has 0 aliphatic heterocycles. The van der Waals surface area contributed by atoms with Gasteiger partial charge in [0.1, 0.15) is 13.2 Å². The minimum Gasteiger partial charge on any atom is -0.462 e. The van der Waals surface area contributed by atoms with E-state index in [0.29, 0.717) is 19.3 Å². The third-order valence-electron chi connectivity index (χ3n) is 14.5. The second-order valence-corrected chi connectivity index (χ2v) is 22.3. The summed E-state index contributed by atoms with van der Waals surface area (Å²) in [6, 6.07) is 0. The molecule has 1 atom stereocenters. The summed E-state index contributed by atoms with van der Waals surface area (Å²) in [6.07, 6.45) is 92.4. The lowest BCUT2D eigenvalue weighted by molar-refractivity contribution is -0.167. The summed E-state index contributed by atoms with van der Waals surface area (Å²) < 4.78 is 16.9. The van der Waals surface area contributed by atoms with E-state index in [1.807, 2.05) is 0 Å². The molecule has 80 heavy (non-hydrogen) atoms. The van der Waals surface area contributed by atoms with Crippen LogP contribution in [0.1, 0.15) is 323 Å². The van der Waals surface area contributed by atoms with Crippen LogP contribution in [0, 0.1) is 0 Å². The van der Waals surface area contributed by atoms with Crippen molar-refractivity contribution in [1.82, 2.24) is 0 Å². The van der Waals surface area contributed by atoms with Crippen molar-refractivity contribution < 1.29 is 28.6 Å². The average Bonchev–Trinajstić information content (AvgIpc) is 3.46. The number of esters is 3. The summed E-state index contributed by atoms with van der Waals surface area (Å²) in [5.74, 6) is -0.908. The standard InChI is InChI=1S/C74H126O6/c1-4-7-10-13-16-19-22-25-28-30-32-34-36-37-39-40-42-44-46-49-52-55-58-61-64-67-73(76)79-70-71(69-78-72(75)66-63-60-57-54-51-48-27-24-21-18-15-12-9-6-3)80-74(77)68-65-62-59-56-53-50-47-45-43-41-38-35-33-31-29-26-23-20-17-14-11-8-5-2/h7,10,15-16,18-19,24-25,27-28,31-34,37,39,42,44,71H,4-6,8-9,11-14,17,20-23,26,29-30,35-36,38,40-41,43,45-70H2,1-3H3/b10-7-,18-15-,19-16-,27-24-,28-25-,33-31-,34-32-,39-37-,44-42-. The molecular weight excluding hydrogens is 985 g/mol. The molecule has 0 N–H and O–H groups in total. The van der Waals surface area contributed by atoms with Crippen molar-refractivity contribution in [2.24, 2.45) is 0 Å². The Morgan fingerprint density at radius 2 is 0.500 bits per heavy atom. The SMILES string of the molecule is CC/C=C\C/C=C\C/C=C\C/C=C\C/C=C\C/C=C\CCCCCCCCC(=O)OCC(COC(=O)CCCCCCC/C=C\C/C=C\CCCC)OC(=O)CCCCCCCCCCCCC/C=C\CCCCCCCCCC. The summed E-state index contributed by atoms with van der Waals surface area (Å²) in [4.78, 5) is 38.4. The van der Waals surface area contributed by atoms with Crippen molar-refractivity contribution in [1.29, 1.82) is 0 Å². The van der Waals surface area contributed by atoms with Gasteiger partial charge in [-0.25, -0.2) is 0 Å². The van der Waals surface area contributed by atoms with E-state index >= 15 is 0 Å². The minimum atomic E-state index is -0.794. The Hall–Kier alpha value is -3.93. The zero-order valence-corrected chi connectivity index (χ0v) is 52.6. The molecule has 458 valence electrons. The number of hydrogen-bond donors (Lipinski definition) is 0. The topological polar surface area (TPSA) is 78.9 Å². The Morgan fingerprint density at radius 1 is 0.263 bits per heavy atom. The molecule has 0 aromatic rings. The molecule has 6 nitrogen and oxygen atoms in total. The van der Waals surface area contributed by atoms with Crippen LogP contribution < -0.4 is 0 Å². The first-order valence-electron chi connectivity index (χ1n) is 33.9. The minimum absolute atomic E-state index is 0.0903. The summed E-state index contributed by atoms with van der Waals surface area (Å²) in [5, 5.41) is 0. The van der Waals surface area contributed by atoms with E-state index in [1.54, 1.807) is 0 Å². The molecular formula is C74H126O6. The molecule has 0 aromatic carbocycles. The van der Waals surface area contributed by atoms with E-state index in [9.17, 15) is 14.4 Å². The third kappa shape index (κ3) is 64.9. The molecule has 0 amide bonds. The van der Waals surface area contributed by atoms with Gasteiger partial charge in [0.25, 0.3) is 0 Å². The number of ether oxygens (including phenoxy) is 3. The van der Waals surface area contributed by atoms with Crippen molar-refractivity contribution in [2.45, 2.75) is 329 Å². The van der Waals surface area contributed by atoms with Crippen LogP contribution in [0.15, 0.2) is 109 Å². The maximum atomic E-state index is 12.9. The van der Waals surface area contributed by atoms with Crippen LogP contribution in [0.25, 0.3) is 0 Å². The van der Waals surface area contributed by atoms with Crippen molar-refractivity contribution >= 4 is 17.9 Å². The van der Waals surface area contributed by atoms with Gasteiger partial charge in [0.2, 0.25) is 0 Å². The molecule has 0 saturated carbocycles. The number of hydrogen-bond acceptors (Lipinski definition) is 6. The van der Waals surface area contributed by atoms with E-state index in [1.165, 1.54) is 148 Å². The van der Waals surface area contributed by atoms with Crippen molar-refractivity contribution in [3.63, 3.8) is 0 Å². The summed E-state index contributed by atoms with van der Waals surface area (Å²) in [6.45, 7) is 6.49. The number of rotatable bonds is 61. The number of unbranched alkanes of at least 4 members (excludes halogenated alkanes) is 32. The van der Waals surface area contributed by atoms with Gasteiger partial charge in [0.05, 0.1) is 0 Å². The Bertz CT molecular complexity index is 1610. The van der Waals surface area contributed by atoms with E-state index < -0.39 is 6.10 Å². The van der Waals surface area contributed by atoms with Gasteiger partial charge in [-0.1, -0.05) is 291 Å². The molecule has 0 aliphatic carbocycles. The van der Waals surface area contributed by atoms with Gasteiger partial charge < -0.3 is 14.2 Å². The van der Waals surface area contributed by atoms with E-state index in [4.69, 9.17) is 14.2 Å². The summed E-state index contributed by atoms with van der Waals surface area (Å²) in [7, 11) is 0. The maximum absolute atomic E-state index is 12.9. The molecule has 0 saturated heterocycles. The summed E-state index contributed by atoms with van der Waals surface area (Å²) in [5.41, 5.74) is 0. The van der Waals surface area contributed by atoms with E-state index in [0.717, 1.165) is 135 Å². The maximum Gasteiger partial charge on any atom is 0.306 e. The predicted octanol–water partition coefficient (Wildman–Crippen LogP) is 23.4. The molecule has 6 heteroatoms. The molecule has 0 radical (unpaired) electrons. The average molecular weight is 1110 g/mol. The zero-order valence-electron chi connectivity index (χ0n) is 52.6. The quantitative estimate of drug-likeness (QED) is 0.0261. The van der Waals surface area contributed by atoms with Crippen molar-refractivity contribution in [3.8, 4) is 0 Å². The zero-order chi connectivity index (χ0) is 57.8. The van der Waals surface area contributed by atoms with E-state index in [-0.39, 0.29) is 31.1 Å². The second kappa shape index (κ2) is 67.6. The van der Waals surface area contributed by atoms with Crippen LogP contribution in [0.3, 0.4) is 0 Å². The lowest BCUT2D eigenvalue weighted by Crippen LogP contribution is -2.30. The van der Waals surface area contributed by atoms with Gasteiger partial charge in [0.15, 0.2) is 6.10 Å². The molecule has 0 fully saturated rings. The van der Waals surface area contributed by atoms with Gasteiger partial charge in [-0.2, -0.15) is 0 Å². The molecule has 0 heterocycles. The van der Waals surface area contributed by atoms with E-state index in [2.05, 4.69) is 130 Å². The molecule has 0 rings (SSSR count). The normalized spacial score (nSPS) is 12.8. The fraction of sp³-hybridized carbons (Fsp3) is 0.716. The Kier molecular flexibility index (Phi) is 64.3. The number of allylic oxidation sites excluding steroid dienone is 18. The molecule has 0 aliphatic rings. The van der Waals surface area contributed by atoms with Crippen LogP contribution in [-0.4, -0.2) is 37.2 Å². The van der Waals surface area contributed by atoms with Gasteiger partial charge in [-0.15, -0.1) is 0 Å². The van der Waals surface area contributed by atoms with Crippen LogP contribution in [-0.2, 0) is 28.6 Å². The smallest absolute Gasteiger partial charge is 0.306 e. The van der Waals surface area contributed by atoms with Gasteiger partial charge in [-0.05, 0) is 122 Å². The Labute approximate surface area is 495 Å². The highest BCUT2D eigenvalue weighted by Crippen LogP contribution is 2.16. The second-order valence-electron chi connectivity index (χ2n) is 22.3. The van der Waals surface area contributed by atoms with Gasteiger partial charge in [-0.3, -0.25) is 14.4 Å². The first-order valence-corrected chi connectivity index (χ1v) is 33.9. The molecule has 0 aromatic heterocycles. The van der Waals surface area contributed by atoms with Gasteiger partial charge in [0, 0.05) is 19.3 Å². The number of carbonyl (C=O) groups is 3. The van der Waals surface area contributed by atoms with Crippen LogP contribution in [0.2, 0.25) is 0 Å². The molecule has 1 unspecified atom stereocenters. The first kappa shape index (κ1) is 76.1. The van der Waals surface area contributed by atoms with Gasteiger partial charge >= 0.3 is 17.9 Å². The summed E-state index contributed by atoms with van der Waals surface area (Å²) >= 11 is 0. The highest BCUT2D eigenvalue weighted by atomic mass is 16.6. The first-order chi connectivity index (χ1) is 39.5. The Morgan fingerprint density at radius 3 is 0.812 bits per heavy atom. The van der Waals surface area contributed by atoms with Crippen molar-refractivity contribution in [2.75, 3.05) is 13.2 Å². The lowest BCUT2D eigenvalue weighted by atomic mass is 10.0. The number of carbonyl (C=O) groups excluding carboxylic acids is 3. The fourth-order valence-corrected chi connectivity index (χ4v) is 9.40. The highest BCUT2D eigenvalue weighted by molar-refractivity contribution is 5.71. The highest BCUT2D eigenvalue weighted by Gasteiger charge is 2.19. The monoisotopic (exact) mass is 1110 g/mol. The fourth-order valence-electron chi connectivity index (χ4n) is 9.40. The van der Waals surface area contributed by atoms with Crippen LogP contribution >= 0.6 is 0 Å². The van der Waals surface area contributed by atoms with Crippen molar-refractivity contribution in [3.05, 3.63) is 109 Å². The third-order valence-corrected chi connectivity index (χ3v) is 14.5. The predicted molar refractivity (Wildman–Crippen MR) is 348 cm³/mol. The largest absolute Gasteiger partial charge is 0.462 e. The molecule has 0 spiro atoms. The van der Waals surface area contributed by atoms with Crippen LogP contribution in [0.5, 0.6) is 0 Å². The Balaban J connectivity index is 4.38. The lowest BCUT2D eigenvalue weighted by Gasteiger charge is -2.18.